The largest absolute Gasteiger partial charge is 0.477 e. The van der Waals surface area contributed by atoms with E-state index in [1.165, 1.54) is 12.3 Å². The topological polar surface area (TPSA) is 106 Å². The normalized spacial score (nSPS) is 16.1. The van der Waals surface area contributed by atoms with Crippen LogP contribution in [0.3, 0.4) is 0 Å². The zero-order valence-electron chi connectivity index (χ0n) is 14.4. The highest BCUT2D eigenvalue weighted by Crippen LogP contribution is 2.38. The number of halogens is 3. The van der Waals surface area contributed by atoms with E-state index in [0.717, 1.165) is 25.9 Å². The monoisotopic (exact) mass is 421 g/mol. The fourth-order valence-electron chi connectivity index (χ4n) is 3.31. The Balaban J connectivity index is 0.00000121. The molecule has 10 heteroatoms. The van der Waals surface area contributed by atoms with Crippen molar-refractivity contribution in [1.82, 2.24) is 9.88 Å². The van der Waals surface area contributed by atoms with Crippen LogP contribution in [-0.4, -0.2) is 47.3 Å². The molecule has 0 radical (unpaired) electrons. The molecule has 0 amide bonds. The summed E-state index contributed by atoms with van der Waals surface area (Å²) in [5.41, 5.74) is 0.159. The third kappa shape index (κ3) is 4.19. The Labute approximate surface area is 167 Å². The van der Waals surface area contributed by atoms with E-state index in [1.54, 1.807) is 6.07 Å². The molecule has 2 aliphatic rings. The summed E-state index contributed by atoms with van der Waals surface area (Å²) in [6, 6.07) is 3.08. The van der Waals surface area contributed by atoms with E-state index in [-0.39, 0.29) is 47.3 Å². The van der Waals surface area contributed by atoms with Crippen molar-refractivity contribution in [3.05, 3.63) is 39.9 Å². The number of carbonyl (C=O) groups is 1. The first-order chi connectivity index (χ1) is 11.6. The number of aromatic carboxylic acids is 1. The van der Waals surface area contributed by atoms with Gasteiger partial charge < -0.3 is 25.4 Å². The standard InChI is InChI=1S/C17H18FN3O3.2ClH.H2O/c18-13-7-11-14(8-15(13)20-5-3-19-4-6-20)21(10-1-2-10)9-12(16(11)22)17(23)24;;;/h7-10,19H,1-6H2,(H,23,24);2*1H;1H2. The van der Waals surface area contributed by atoms with Crippen LogP contribution in [0.4, 0.5) is 10.1 Å². The maximum Gasteiger partial charge on any atom is 0.341 e. The summed E-state index contributed by atoms with van der Waals surface area (Å²) in [5, 5.41) is 12.6. The van der Waals surface area contributed by atoms with Crippen molar-refractivity contribution in [2.24, 2.45) is 0 Å². The quantitative estimate of drug-likeness (QED) is 0.782. The molecular formula is C17H22Cl2FN3O4. The third-order valence-corrected chi connectivity index (χ3v) is 4.73. The summed E-state index contributed by atoms with van der Waals surface area (Å²) < 4.78 is 16.4. The number of hydrogen-bond donors (Lipinski definition) is 2. The molecule has 0 bridgehead atoms. The molecule has 0 unspecified atom stereocenters. The average molecular weight is 422 g/mol. The second kappa shape index (κ2) is 8.88. The van der Waals surface area contributed by atoms with Crippen molar-refractivity contribution in [1.29, 1.82) is 0 Å². The van der Waals surface area contributed by atoms with Crippen LogP contribution in [0.25, 0.3) is 10.9 Å². The van der Waals surface area contributed by atoms with Gasteiger partial charge >= 0.3 is 5.97 Å². The summed E-state index contributed by atoms with van der Waals surface area (Å²) >= 11 is 0. The molecule has 1 saturated heterocycles. The Bertz CT molecular complexity index is 896. The van der Waals surface area contributed by atoms with Gasteiger partial charge in [0, 0.05) is 43.8 Å². The summed E-state index contributed by atoms with van der Waals surface area (Å²) in [6.07, 6.45) is 3.29. The smallest absolute Gasteiger partial charge is 0.341 e. The highest BCUT2D eigenvalue weighted by Gasteiger charge is 2.28. The number of pyridine rings is 1. The number of aromatic nitrogens is 1. The van der Waals surface area contributed by atoms with Gasteiger partial charge in [-0.1, -0.05) is 0 Å². The average Bonchev–Trinajstić information content (AvgIpc) is 3.40. The maximum atomic E-state index is 14.6. The van der Waals surface area contributed by atoms with Crippen LogP contribution in [0.2, 0.25) is 0 Å². The number of hydrogen-bond acceptors (Lipinski definition) is 4. The second-order valence-electron chi connectivity index (χ2n) is 6.37. The van der Waals surface area contributed by atoms with Crippen molar-refractivity contribution in [2.75, 3.05) is 31.1 Å². The minimum absolute atomic E-state index is 0. The predicted octanol–water partition coefficient (Wildman–Crippen LogP) is 1.60. The number of piperazine rings is 1. The van der Waals surface area contributed by atoms with Gasteiger partial charge in [-0.05, 0) is 25.0 Å². The molecule has 150 valence electrons. The molecule has 1 aromatic carbocycles. The summed E-state index contributed by atoms with van der Waals surface area (Å²) in [7, 11) is 0. The van der Waals surface area contributed by atoms with Crippen molar-refractivity contribution in [3.8, 4) is 0 Å². The molecule has 0 spiro atoms. The fraction of sp³-hybridized carbons (Fsp3) is 0.412. The van der Waals surface area contributed by atoms with Crippen molar-refractivity contribution in [3.63, 3.8) is 0 Å². The number of nitrogens with one attached hydrogen (secondary N) is 1. The molecule has 1 saturated carbocycles. The molecule has 1 aromatic heterocycles. The minimum Gasteiger partial charge on any atom is -0.477 e. The lowest BCUT2D eigenvalue weighted by Crippen LogP contribution is -2.43. The lowest BCUT2D eigenvalue weighted by atomic mass is 10.1. The summed E-state index contributed by atoms with van der Waals surface area (Å²) in [5.74, 6) is -1.76. The van der Waals surface area contributed by atoms with Crippen LogP contribution in [0.15, 0.2) is 23.1 Å². The van der Waals surface area contributed by atoms with Gasteiger partial charge in [0.25, 0.3) is 0 Å². The summed E-state index contributed by atoms with van der Waals surface area (Å²) in [4.78, 5) is 25.7. The van der Waals surface area contributed by atoms with E-state index >= 15 is 0 Å². The number of carboxylic acids is 1. The zero-order chi connectivity index (χ0) is 16.8. The Morgan fingerprint density at radius 3 is 2.37 bits per heavy atom. The SMILES string of the molecule is Cl.Cl.O.O=C(O)c1cn(C2CC2)c2cc(N3CCNCC3)c(F)cc2c1=O. The molecule has 2 fully saturated rings. The van der Waals surface area contributed by atoms with Gasteiger partial charge in [0.15, 0.2) is 0 Å². The van der Waals surface area contributed by atoms with E-state index in [9.17, 15) is 19.1 Å². The molecule has 0 atom stereocenters. The number of fused-ring (bicyclic) bond motifs is 1. The van der Waals surface area contributed by atoms with E-state index in [4.69, 9.17) is 0 Å². The van der Waals surface area contributed by atoms with Crippen LogP contribution in [-0.2, 0) is 0 Å². The first-order valence-electron chi connectivity index (χ1n) is 8.13. The van der Waals surface area contributed by atoms with E-state index in [2.05, 4.69) is 5.32 Å². The van der Waals surface area contributed by atoms with Gasteiger partial charge in [-0.15, -0.1) is 24.8 Å². The Morgan fingerprint density at radius 1 is 1.19 bits per heavy atom. The number of benzene rings is 1. The molecule has 27 heavy (non-hydrogen) atoms. The van der Waals surface area contributed by atoms with Gasteiger partial charge in [0.1, 0.15) is 11.4 Å². The van der Waals surface area contributed by atoms with Gasteiger partial charge in [0.2, 0.25) is 5.43 Å². The molecule has 7 nitrogen and oxygen atoms in total. The molecule has 2 aromatic rings. The van der Waals surface area contributed by atoms with Gasteiger partial charge in [-0.2, -0.15) is 0 Å². The Morgan fingerprint density at radius 2 is 1.81 bits per heavy atom. The molecule has 4 N–H and O–H groups in total. The first-order valence-corrected chi connectivity index (χ1v) is 8.13. The molecule has 4 rings (SSSR count). The van der Waals surface area contributed by atoms with Gasteiger partial charge in [-0.25, -0.2) is 9.18 Å². The molecule has 2 heterocycles. The van der Waals surface area contributed by atoms with E-state index < -0.39 is 17.2 Å². The van der Waals surface area contributed by atoms with Crippen LogP contribution in [0, 0.1) is 5.82 Å². The van der Waals surface area contributed by atoms with Crippen molar-refractivity contribution >= 4 is 47.4 Å². The van der Waals surface area contributed by atoms with Crippen molar-refractivity contribution < 1.29 is 19.8 Å². The van der Waals surface area contributed by atoms with Gasteiger partial charge in [-0.3, -0.25) is 4.79 Å². The first kappa shape index (κ1) is 23.2. The van der Waals surface area contributed by atoms with Crippen LogP contribution in [0.1, 0.15) is 29.2 Å². The minimum atomic E-state index is -1.28. The molecule has 1 aliphatic heterocycles. The predicted molar refractivity (Wildman–Crippen MR) is 107 cm³/mol. The third-order valence-electron chi connectivity index (χ3n) is 4.73. The number of anilines is 1. The molecule has 1 aliphatic carbocycles. The zero-order valence-corrected chi connectivity index (χ0v) is 16.0. The maximum absolute atomic E-state index is 14.6. The lowest BCUT2D eigenvalue weighted by molar-refractivity contribution is 0.0695. The van der Waals surface area contributed by atoms with Crippen molar-refractivity contribution in [2.45, 2.75) is 18.9 Å². The van der Waals surface area contributed by atoms with Crippen LogP contribution in [0.5, 0.6) is 0 Å². The Kier molecular flexibility index (Phi) is 7.62. The second-order valence-corrected chi connectivity index (χ2v) is 6.37. The van der Waals surface area contributed by atoms with E-state index in [1.807, 2.05) is 9.47 Å². The Hall–Kier alpha value is -1.87. The highest BCUT2D eigenvalue weighted by molar-refractivity contribution is 5.93. The number of carboxylic acid groups (broad SMARTS) is 1. The molecular weight excluding hydrogens is 400 g/mol. The van der Waals surface area contributed by atoms with Crippen LogP contribution < -0.4 is 15.6 Å². The summed E-state index contributed by atoms with van der Waals surface area (Å²) in [6.45, 7) is 2.96. The lowest BCUT2D eigenvalue weighted by Gasteiger charge is -2.30. The number of rotatable bonds is 3. The fourth-order valence-corrected chi connectivity index (χ4v) is 3.31. The van der Waals surface area contributed by atoms with Crippen LogP contribution >= 0.6 is 24.8 Å². The van der Waals surface area contributed by atoms with Gasteiger partial charge in [0.05, 0.1) is 11.2 Å². The highest BCUT2D eigenvalue weighted by atomic mass is 35.5. The van der Waals surface area contributed by atoms with E-state index in [0.29, 0.717) is 24.3 Å². The number of nitrogens with zero attached hydrogens (tertiary/aromatic N) is 2.